The highest BCUT2D eigenvalue weighted by molar-refractivity contribution is 4.73. The van der Waals surface area contributed by atoms with Gasteiger partial charge in [0.2, 0.25) is 0 Å². The minimum Gasteiger partial charge on any atom is -0.120 e. The molecule has 0 heterocycles. The molecule has 0 radical (unpaired) electrons. The molecule has 0 fully saturated rings. The molecular weight excluding hydrogens is 108 g/mol. The first-order chi connectivity index (χ1) is 4.18. The van der Waals surface area contributed by atoms with Crippen molar-refractivity contribution < 1.29 is 0 Å². The van der Waals surface area contributed by atoms with E-state index in [1.54, 1.807) is 6.92 Å². The second kappa shape index (κ2) is 10.5. The molecule has 0 rings (SSSR count). The number of terminal acetylenes is 1. The van der Waals surface area contributed by atoms with Crippen LogP contribution in [0.3, 0.4) is 0 Å². The van der Waals surface area contributed by atoms with Crippen LogP contribution in [0.5, 0.6) is 0 Å². The van der Waals surface area contributed by atoms with Gasteiger partial charge in [-0.15, -0.1) is 12.3 Å². The number of hydrogen-bond donors (Lipinski definition) is 0. The van der Waals surface area contributed by atoms with Crippen LogP contribution < -0.4 is 0 Å². The maximum Gasteiger partial charge on any atom is -0.00297 e. The van der Waals surface area contributed by atoms with Gasteiger partial charge in [0.25, 0.3) is 0 Å². The van der Waals surface area contributed by atoms with Crippen LogP contribution in [0.4, 0.5) is 0 Å². The van der Waals surface area contributed by atoms with Crippen molar-refractivity contribution in [1.82, 2.24) is 0 Å². The van der Waals surface area contributed by atoms with E-state index < -0.39 is 0 Å². The van der Waals surface area contributed by atoms with E-state index in [0.29, 0.717) is 0 Å². The molecule has 0 aromatic heterocycles. The molecule has 0 aromatic rings. The van der Waals surface area contributed by atoms with E-state index in [9.17, 15) is 0 Å². The second-order valence-corrected chi connectivity index (χ2v) is 2.47. The van der Waals surface area contributed by atoms with E-state index in [-0.39, 0.29) is 0 Å². The van der Waals surface area contributed by atoms with Crippen molar-refractivity contribution in [3.8, 4) is 12.3 Å². The van der Waals surface area contributed by atoms with Crippen molar-refractivity contribution >= 4 is 0 Å². The summed E-state index contributed by atoms with van der Waals surface area (Å²) in [4.78, 5) is 0. The predicted octanol–water partition coefficient (Wildman–Crippen LogP) is 3.08. The Bertz CT molecular complexity index is 64.6. The zero-order chi connectivity index (χ0) is 7.70. The first-order valence-corrected chi connectivity index (χ1v) is 3.56. The molecule has 54 valence electrons. The Morgan fingerprint density at radius 2 is 1.78 bits per heavy atom. The fourth-order valence-corrected chi connectivity index (χ4v) is 0.577. The monoisotopic (exact) mass is 126 g/mol. The summed E-state index contributed by atoms with van der Waals surface area (Å²) in [7, 11) is 0. The maximum absolute atomic E-state index is 4.60. The molecule has 0 saturated carbocycles. The minimum atomic E-state index is 0.898. The Labute approximate surface area is 59.7 Å². The van der Waals surface area contributed by atoms with Crippen LogP contribution in [0.1, 0.15) is 40.5 Å². The Hall–Kier alpha value is -0.440. The molecule has 0 atom stereocenters. The lowest BCUT2D eigenvalue weighted by Gasteiger charge is -1.95. The van der Waals surface area contributed by atoms with Crippen molar-refractivity contribution in [3.05, 3.63) is 0 Å². The van der Waals surface area contributed by atoms with Crippen molar-refractivity contribution in [2.75, 3.05) is 0 Å². The summed E-state index contributed by atoms with van der Waals surface area (Å²) in [5.41, 5.74) is 0. The molecule has 0 saturated heterocycles. The largest absolute Gasteiger partial charge is 0.120 e. The molecule has 9 heavy (non-hydrogen) atoms. The van der Waals surface area contributed by atoms with Gasteiger partial charge in [-0.05, 0) is 12.8 Å². The highest BCUT2D eigenvalue weighted by Crippen LogP contribution is 2.00. The molecule has 0 nitrogen and oxygen atoms in total. The van der Waals surface area contributed by atoms with Crippen molar-refractivity contribution in [2.24, 2.45) is 5.92 Å². The molecule has 0 heteroatoms. The summed E-state index contributed by atoms with van der Waals surface area (Å²) in [5, 5.41) is 0. The van der Waals surface area contributed by atoms with Gasteiger partial charge < -0.3 is 0 Å². The number of hydrogen-bond acceptors (Lipinski definition) is 0. The normalized spacial score (nSPS) is 7.56. The molecule has 0 unspecified atom stereocenters. The lowest BCUT2D eigenvalue weighted by atomic mass is 10.1. The smallest absolute Gasteiger partial charge is 0.00297 e. The van der Waals surface area contributed by atoms with Gasteiger partial charge in [0.05, 0.1) is 0 Å². The van der Waals surface area contributed by atoms with Gasteiger partial charge in [-0.1, -0.05) is 33.6 Å². The highest BCUT2D eigenvalue weighted by atomic mass is 13.9. The molecule has 0 N–H and O–H groups in total. The molecule has 0 bridgehead atoms. The Kier molecular flexibility index (Phi) is 13.3. The van der Waals surface area contributed by atoms with Crippen LogP contribution in [0.2, 0.25) is 0 Å². The quantitative estimate of drug-likeness (QED) is 0.499. The third kappa shape index (κ3) is 35.7. The molecular formula is C9H18. The zero-order valence-electron chi connectivity index (χ0n) is 7.07. The summed E-state index contributed by atoms with van der Waals surface area (Å²) in [6.07, 6.45) is 7.30. The summed E-state index contributed by atoms with van der Waals surface area (Å²) >= 11 is 0. The van der Waals surface area contributed by atoms with E-state index in [4.69, 9.17) is 0 Å². The average Bonchev–Trinajstić information content (AvgIpc) is 1.67. The number of rotatable bonds is 2. The van der Waals surface area contributed by atoms with Gasteiger partial charge in [-0.3, -0.25) is 0 Å². The van der Waals surface area contributed by atoms with E-state index >= 15 is 0 Å². The van der Waals surface area contributed by atoms with E-state index in [1.807, 2.05) is 0 Å². The van der Waals surface area contributed by atoms with E-state index in [2.05, 4.69) is 33.1 Å². The summed E-state index contributed by atoms with van der Waals surface area (Å²) in [6, 6.07) is 0. The Balaban J connectivity index is 0. The van der Waals surface area contributed by atoms with Crippen LogP contribution in [0.15, 0.2) is 0 Å². The lowest BCUT2D eigenvalue weighted by molar-refractivity contribution is 0.576. The van der Waals surface area contributed by atoms with E-state index in [0.717, 1.165) is 5.92 Å². The first kappa shape index (κ1) is 11.4. The Morgan fingerprint density at radius 3 is 1.78 bits per heavy atom. The van der Waals surface area contributed by atoms with Crippen LogP contribution >= 0.6 is 0 Å². The van der Waals surface area contributed by atoms with Gasteiger partial charge in [0.1, 0.15) is 0 Å². The van der Waals surface area contributed by atoms with Crippen LogP contribution in [0, 0.1) is 18.3 Å². The molecule has 0 aromatic carbocycles. The molecule has 0 amide bonds. The molecule has 0 aliphatic rings. The average molecular weight is 126 g/mol. The summed E-state index contributed by atoms with van der Waals surface area (Å²) < 4.78 is 0. The molecule has 0 spiro atoms. The predicted molar refractivity (Wildman–Crippen MR) is 44.3 cm³/mol. The lowest BCUT2D eigenvalue weighted by Crippen LogP contribution is -1.81. The van der Waals surface area contributed by atoms with Gasteiger partial charge in [-0.2, -0.15) is 0 Å². The summed E-state index contributed by atoms with van der Waals surface area (Å²) in [6.45, 7) is 8.38. The molecule has 0 aliphatic carbocycles. The Morgan fingerprint density at radius 1 is 1.44 bits per heavy atom. The van der Waals surface area contributed by atoms with E-state index in [1.165, 1.54) is 12.8 Å². The third-order valence-corrected chi connectivity index (χ3v) is 0.866. The van der Waals surface area contributed by atoms with Crippen molar-refractivity contribution in [1.29, 1.82) is 0 Å². The highest BCUT2D eigenvalue weighted by Gasteiger charge is 1.85. The zero-order valence-corrected chi connectivity index (χ0v) is 7.07. The molecule has 0 aliphatic heterocycles. The fourth-order valence-electron chi connectivity index (χ4n) is 0.577. The van der Waals surface area contributed by atoms with Crippen LogP contribution in [-0.4, -0.2) is 0 Å². The van der Waals surface area contributed by atoms with Crippen molar-refractivity contribution in [2.45, 2.75) is 40.5 Å². The SMILES string of the molecule is C#CC.CCCC(C)C. The third-order valence-electron chi connectivity index (χ3n) is 0.866. The topological polar surface area (TPSA) is 0 Å². The standard InChI is InChI=1S/C6H14.C3H4/c1-4-5-6(2)3;1-3-2/h6H,4-5H2,1-3H3;1H,2H3. The fraction of sp³-hybridized carbons (Fsp3) is 0.778. The van der Waals surface area contributed by atoms with Crippen LogP contribution in [0.25, 0.3) is 0 Å². The van der Waals surface area contributed by atoms with Gasteiger partial charge in [0, 0.05) is 0 Å². The van der Waals surface area contributed by atoms with Gasteiger partial charge in [-0.25, -0.2) is 0 Å². The van der Waals surface area contributed by atoms with Crippen LogP contribution in [-0.2, 0) is 0 Å². The van der Waals surface area contributed by atoms with Gasteiger partial charge >= 0.3 is 0 Å². The maximum atomic E-state index is 4.60. The second-order valence-electron chi connectivity index (χ2n) is 2.47. The first-order valence-electron chi connectivity index (χ1n) is 3.56. The van der Waals surface area contributed by atoms with Gasteiger partial charge in [0.15, 0.2) is 0 Å². The minimum absolute atomic E-state index is 0.898. The summed E-state index contributed by atoms with van der Waals surface area (Å²) in [5.74, 6) is 3.15. The van der Waals surface area contributed by atoms with Crippen molar-refractivity contribution in [3.63, 3.8) is 0 Å².